The minimum absolute atomic E-state index is 0.398. The monoisotopic (exact) mass is 363 g/mol. The van der Waals surface area contributed by atoms with Crippen molar-refractivity contribution in [2.75, 3.05) is 5.75 Å². The Kier molecular flexibility index (Phi) is 4.91. The summed E-state index contributed by atoms with van der Waals surface area (Å²) in [6, 6.07) is 4.81. The summed E-state index contributed by atoms with van der Waals surface area (Å²) < 4.78 is 29.9. The summed E-state index contributed by atoms with van der Waals surface area (Å²) in [6.07, 6.45) is -1.10. The molecule has 2 atom stereocenters. The summed E-state index contributed by atoms with van der Waals surface area (Å²) in [6.45, 7) is 4.40. The molecule has 0 bridgehead atoms. The summed E-state index contributed by atoms with van der Waals surface area (Å²) in [5.74, 6) is -1.61. The number of sulfonamides is 1. The van der Waals surface area contributed by atoms with E-state index in [2.05, 4.69) is 4.84 Å². The van der Waals surface area contributed by atoms with Crippen LogP contribution in [0.1, 0.15) is 32.3 Å². The van der Waals surface area contributed by atoms with E-state index in [0.717, 1.165) is 6.92 Å². The number of hydrogen-bond donors (Lipinski definition) is 2. The first-order valence-corrected chi connectivity index (χ1v) is 8.88. The zero-order chi connectivity index (χ0) is 17.4. The molecule has 2 rings (SSSR count). The molecule has 23 heavy (non-hydrogen) atoms. The van der Waals surface area contributed by atoms with Gasteiger partial charge < -0.3 is 14.7 Å². The summed E-state index contributed by atoms with van der Waals surface area (Å²) >= 11 is 5.96. The standard InChI is InChI=1S/C14H18ClNO6S/c1-8(17)22-16-23(19,20)7-11-10-6-9(15)4-5-12(10)21-14(2,3)13(11)18/h4-6,11,13,16,18H,7H2,1-3H3. The number of carbonyl (C=O) groups is 1. The zero-order valence-electron chi connectivity index (χ0n) is 12.9. The van der Waals surface area contributed by atoms with Gasteiger partial charge in [0.05, 0.1) is 5.75 Å². The van der Waals surface area contributed by atoms with Crippen LogP contribution in [0.5, 0.6) is 5.75 Å². The fourth-order valence-corrected chi connectivity index (χ4v) is 3.80. The molecule has 2 N–H and O–H groups in total. The van der Waals surface area contributed by atoms with Gasteiger partial charge in [-0.25, -0.2) is 8.42 Å². The van der Waals surface area contributed by atoms with Gasteiger partial charge in [-0.1, -0.05) is 11.6 Å². The van der Waals surface area contributed by atoms with Gasteiger partial charge in [-0.05, 0) is 36.9 Å². The highest BCUT2D eigenvalue weighted by molar-refractivity contribution is 7.89. The topological polar surface area (TPSA) is 102 Å². The van der Waals surface area contributed by atoms with E-state index in [9.17, 15) is 18.3 Å². The van der Waals surface area contributed by atoms with E-state index < -0.39 is 39.4 Å². The van der Waals surface area contributed by atoms with E-state index in [4.69, 9.17) is 16.3 Å². The first-order chi connectivity index (χ1) is 10.5. The van der Waals surface area contributed by atoms with Crippen molar-refractivity contribution in [2.45, 2.75) is 38.4 Å². The van der Waals surface area contributed by atoms with Crippen LogP contribution in [0.2, 0.25) is 5.02 Å². The Bertz CT molecular complexity index is 718. The van der Waals surface area contributed by atoms with Crippen molar-refractivity contribution < 1.29 is 27.9 Å². The van der Waals surface area contributed by atoms with Gasteiger partial charge in [0, 0.05) is 23.4 Å². The summed E-state index contributed by atoms with van der Waals surface area (Å²) in [7, 11) is -3.97. The molecule has 1 aromatic rings. The van der Waals surface area contributed by atoms with E-state index in [1.165, 1.54) is 0 Å². The Morgan fingerprint density at radius 2 is 2.13 bits per heavy atom. The van der Waals surface area contributed by atoms with Crippen LogP contribution in [0.4, 0.5) is 0 Å². The van der Waals surface area contributed by atoms with Gasteiger partial charge in [0.2, 0.25) is 10.0 Å². The van der Waals surface area contributed by atoms with E-state index in [0.29, 0.717) is 16.3 Å². The van der Waals surface area contributed by atoms with Crippen molar-refractivity contribution >= 4 is 27.6 Å². The average Bonchev–Trinajstić information content (AvgIpc) is 2.43. The van der Waals surface area contributed by atoms with E-state index in [1.807, 2.05) is 0 Å². The van der Waals surface area contributed by atoms with Gasteiger partial charge in [0.25, 0.3) is 0 Å². The Balaban J connectivity index is 2.36. The normalized spacial score (nSPS) is 22.8. The molecule has 0 radical (unpaired) electrons. The number of hydrogen-bond acceptors (Lipinski definition) is 6. The van der Waals surface area contributed by atoms with Crippen LogP contribution in [0.3, 0.4) is 0 Å². The van der Waals surface area contributed by atoms with E-state index >= 15 is 0 Å². The lowest BCUT2D eigenvalue weighted by molar-refractivity contribution is -0.144. The molecule has 0 fully saturated rings. The Morgan fingerprint density at radius 3 is 2.74 bits per heavy atom. The maximum Gasteiger partial charge on any atom is 0.323 e. The molecule has 0 amide bonds. The summed E-state index contributed by atoms with van der Waals surface area (Å²) in [5.41, 5.74) is -0.500. The van der Waals surface area contributed by atoms with Crippen LogP contribution in [-0.2, 0) is 19.7 Å². The molecule has 7 nitrogen and oxygen atoms in total. The van der Waals surface area contributed by atoms with Crippen molar-refractivity contribution in [3.05, 3.63) is 28.8 Å². The SMILES string of the molecule is CC(=O)ONS(=O)(=O)CC1c2cc(Cl)ccc2OC(C)(C)C1O. The Morgan fingerprint density at radius 1 is 1.48 bits per heavy atom. The zero-order valence-corrected chi connectivity index (χ0v) is 14.4. The number of carbonyl (C=O) groups excluding carboxylic acids is 1. The molecule has 9 heteroatoms. The first kappa shape index (κ1) is 18.0. The maximum absolute atomic E-state index is 12.1. The molecule has 1 aromatic carbocycles. The van der Waals surface area contributed by atoms with Gasteiger partial charge in [0.15, 0.2) is 0 Å². The number of benzene rings is 1. The predicted molar refractivity (Wildman–Crippen MR) is 83.6 cm³/mol. The highest BCUT2D eigenvalue weighted by atomic mass is 35.5. The van der Waals surface area contributed by atoms with Crippen LogP contribution >= 0.6 is 11.6 Å². The smallest absolute Gasteiger partial charge is 0.323 e. The third-order valence-electron chi connectivity index (χ3n) is 3.55. The van der Waals surface area contributed by atoms with Gasteiger partial charge in [0.1, 0.15) is 17.5 Å². The lowest BCUT2D eigenvalue weighted by atomic mass is 9.82. The molecule has 0 aromatic heterocycles. The lowest BCUT2D eigenvalue weighted by Crippen LogP contribution is -2.51. The van der Waals surface area contributed by atoms with Crippen molar-refractivity contribution in [1.29, 1.82) is 0 Å². The molecule has 0 saturated heterocycles. The highest BCUT2D eigenvalue weighted by Crippen LogP contribution is 2.42. The van der Waals surface area contributed by atoms with Gasteiger partial charge in [-0.3, -0.25) is 4.79 Å². The van der Waals surface area contributed by atoms with Crippen molar-refractivity contribution in [3.8, 4) is 5.75 Å². The second-order valence-corrected chi connectivity index (χ2v) is 8.06. The lowest BCUT2D eigenvalue weighted by Gasteiger charge is -2.42. The largest absolute Gasteiger partial charge is 0.485 e. The molecule has 128 valence electrons. The quantitative estimate of drug-likeness (QED) is 0.783. The molecule has 0 saturated carbocycles. The van der Waals surface area contributed by atoms with Crippen LogP contribution in [0.25, 0.3) is 0 Å². The molecule has 1 aliphatic heterocycles. The molecular formula is C14H18ClNO6S. The number of aliphatic hydroxyl groups is 1. The van der Waals surface area contributed by atoms with Crippen molar-refractivity contribution in [3.63, 3.8) is 0 Å². The van der Waals surface area contributed by atoms with Crippen molar-refractivity contribution in [1.82, 2.24) is 4.89 Å². The predicted octanol–water partition coefficient (Wildman–Crippen LogP) is 1.35. The number of nitrogens with one attached hydrogen (secondary N) is 1. The Hall–Kier alpha value is -1.35. The van der Waals surface area contributed by atoms with Crippen molar-refractivity contribution in [2.24, 2.45) is 0 Å². The maximum atomic E-state index is 12.1. The second kappa shape index (κ2) is 6.27. The number of rotatable bonds is 4. The molecule has 1 heterocycles. The number of aliphatic hydroxyl groups excluding tert-OH is 1. The third-order valence-corrected chi connectivity index (χ3v) is 4.92. The first-order valence-electron chi connectivity index (χ1n) is 6.85. The number of ether oxygens (including phenoxy) is 1. The van der Waals surface area contributed by atoms with Crippen LogP contribution in [-0.4, -0.2) is 37.0 Å². The molecule has 0 aliphatic carbocycles. The number of fused-ring (bicyclic) bond motifs is 1. The second-order valence-electron chi connectivity index (χ2n) is 5.90. The Labute approximate surface area is 139 Å². The van der Waals surface area contributed by atoms with Gasteiger partial charge in [-0.2, -0.15) is 0 Å². The van der Waals surface area contributed by atoms with E-state index in [1.54, 1.807) is 36.9 Å². The highest BCUT2D eigenvalue weighted by Gasteiger charge is 2.44. The fourth-order valence-electron chi connectivity index (χ4n) is 2.47. The van der Waals surface area contributed by atoms with Crippen LogP contribution in [0.15, 0.2) is 18.2 Å². The molecular weight excluding hydrogens is 346 g/mol. The number of halogens is 1. The average molecular weight is 364 g/mol. The summed E-state index contributed by atoms with van der Waals surface area (Å²) in [5, 5.41) is 10.9. The van der Waals surface area contributed by atoms with E-state index in [-0.39, 0.29) is 0 Å². The minimum atomic E-state index is -3.97. The van der Waals surface area contributed by atoms with Crippen LogP contribution in [0, 0.1) is 0 Å². The third kappa shape index (κ3) is 4.14. The summed E-state index contributed by atoms with van der Waals surface area (Å²) in [4.78, 5) is 16.8. The molecule has 1 aliphatic rings. The minimum Gasteiger partial charge on any atom is -0.485 e. The molecule has 0 spiro atoms. The van der Waals surface area contributed by atoms with Crippen LogP contribution < -0.4 is 9.62 Å². The van der Waals surface area contributed by atoms with Gasteiger partial charge >= 0.3 is 5.97 Å². The molecule has 2 unspecified atom stereocenters. The fraction of sp³-hybridized carbons (Fsp3) is 0.500. The van der Waals surface area contributed by atoms with Gasteiger partial charge in [-0.15, -0.1) is 0 Å².